The van der Waals surface area contributed by atoms with Crippen LogP contribution in [-0.2, 0) is 13.0 Å². The highest BCUT2D eigenvalue weighted by molar-refractivity contribution is 5.95. The van der Waals surface area contributed by atoms with E-state index in [2.05, 4.69) is 4.98 Å². The van der Waals surface area contributed by atoms with E-state index in [1.807, 2.05) is 13.0 Å². The number of carbonyl (C=O) groups is 1. The van der Waals surface area contributed by atoms with Gasteiger partial charge in [0.05, 0.1) is 6.54 Å². The fraction of sp³-hybridized carbons (Fsp3) is 0.214. The van der Waals surface area contributed by atoms with Gasteiger partial charge in [-0.1, -0.05) is 37.3 Å². The molecule has 1 aromatic carbocycles. The molecule has 19 heavy (non-hydrogen) atoms. The van der Waals surface area contributed by atoms with E-state index in [-0.39, 0.29) is 12.3 Å². The molecule has 0 atom stereocenters. The van der Waals surface area contributed by atoms with Crippen molar-refractivity contribution in [1.29, 1.82) is 0 Å². The maximum atomic E-state index is 12.0. The van der Waals surface area contributed by atoms with Crippen LogP contribution in [0, 0.1) is 0 Å². The fourth-order valence-electron chi connectivity index (χ4n) is 1.79. The number of aryl methyl sites for hydroxylation is 1. The van der Waals surface area contributed by atoms with Crippen LogP contribution in [0.5, 0.6) is 0 Å². The number of carbonyl (C=O) groups excluding carboxylic acids is 1. The highest BCUT2D eigenvalue weighted by Gasteiger charge is 2.09. The molecule has 1 heterocycles. The Morgan fingerprint density at radius 1 is 1.21 bits per heavy atom. The molecule has 5 heteroatoms. The minimum atomic E-state index is -0.563. The maximum absolute atomic E-state index is 12.0. The van der Waals surface area contributed by atoms with E-state index in [4.69, 9.17) is 0 Å². The normalized spacial score (nSPS) is 10.4. The Kier molecular flexibility index (Phi) is 3.75. The SMILES string of the molecule is CCc1cn(CC(=O)c2ccccc2)c(=O)[nH]c1=O. The summed E-state index contributed by atoms with van der Waals surface area (Å²) in [6.45, 7) is 1.74. The Balaban J connectivity index is 2.32. The lowest BCUT2D eigenvalue weighted by Crippen LogP contribution is -2.33. The highest BCUT2D eigenvalue weighted by atomic mass is 16.2. The van der Waals surface area contributed by atoms with Gasteiger partial charge in [0.15, 0.2) is 5.78 Å². The lowest BCUT2D eigenvalue weighted by molar-refractivity contribution is 0.0970. The minimum Gasteiger partial charge on any atom is -0.293 e. The second-order valence-corrected chi connectivity index (χ2v) is 4.18. The molecular formula is C14H14N2O3. The number of ketones is 1. The number of aromatic nitrogens is 2. The predicted octanol–water partition coefficient (Wildman–Crippen LogP) is 0.982. The third-order valence-corrected chi connectivity index (χ3v) is 2.88. The van der Waals surface area contributed by atoms with Crippen LogP contribution in [0.3, 0.4) is 0 Å². The molecule has 0 saturated carbocycles. The summed E-state index contributed by atoms with van der Waals surface area (Å²) in [6, 6.07) is 8.73. The molecule has 98 valence electrons. The zero-order valence-electron chi connectivity index (χ0n) is 10.6. The Morgan fingerprint density at radius 2 is 1.89 bits per heavy atom. The van der Waals surface area contributed by atoms with E-state index < -0.39 is 11.2 Å². The zero-order chi connectivity index (χ0) is 13.8. The molecule has 0 aliphatic rings. The van der Waals surface area contributed by atoms with Crippen LogP contribution >= 0.6 is 0 Å². The fourth-order valence-corrected chi connectivity index (χ4v) is 1.79. The Labute approximate surface area is 109 Å². The third kappa shape index (κ3) is 2.88. The molecule has 0 amide bonds. The van der Waals surface area contributed by atoms with Gasteiger partial charge in [-0.05, 0) is 6.42 Å². The van der Waals surface area contributed by atoms with Crippen molar-refractivity contribution in [3.63, 3.8) is 0 Å². The largest absolute Gasteiger partial charge is 0.328 e. The van der Waals surface area contributed by atoms with Crippen molar-refractivity contribution in [2.75, 3.05) is 0 Å². The second kappa shape index (κ2) is 5.48. The molecule has 0 aliphatic carbocycles. The van der Waals surface area contributed by atoms with Crippen LogP contribution in [0.4, 0.5) is 0 Å². The Bertz CT molecular complexity index is 699. The quantitative estimate of drug-likeness (QED) is 0.831. The van der Waals surface area contributed by atoms with Crippen molar-refractivity contribution in [1.82, 2.24) is 9.55 Å². The molecule has 2 rings (SSSR count). The number of hydrogen-bond acceptors (Lipinski definition) is 3. The molecule has 0 bridgehead atoms. The van der Waals surface area contributed by atoms with Gasteiger partial charge in [0.2, 0.25) is 0 Å². The summed E-state index contributed by atoms with van der Waals surface area (Å²) in [5.41, 5.74) is 0.0708. The van der Waals surface area contributed by atoms with Crippen LogP contribution in [0.25, 0.3) is 0 Å². The maximum Gasteiger partial charge on any atom is 0.328 e. The van der Waals surface area contributed by atoms with Crippen molar-refractivity contribution in [3.8, 4) is 0 Å². The number of nitrogens with one attached hydrogen (secondary N) is 1. The molecular weight excluding hydrogens is 244 g/mol. The Morgan fingerprint density at radius 3 is 2.53 bits per heavy atom. The van der Waals surface area contributed by atoms with Gasteiger partial charge in [-0.3, -0.25) is 19.1 Å². The first-order chi connectivity index (χ1) is 9.11. The average molecular weight is 258 g/mol. The molecule has 0 aliphatic heterocycles. The van der Waals surface area contributed by atoms with Gasteiger partial charge >= 0.3 is 5.69 Å². The van der Waals surface area contributed by atoms with Crippen LogP contribution in [0.1, 0.15) is 22.8 Å². The van der Waals surface area contributed by atoms with Crippen LogP contribution in [-0.4, -0.2) is 15.3 Å². The van der Waals surface area contributed by atoms with E-state index in [9.17, 15) is 14.4 Å². The molecule has 0 unspecified atom stereocenters. The van der Waals surface area contributed by atoms with Crippen LogP contribution < -0.4 is 11.2 Å². The minimum absolute atomic E-state index is 0.0768. The Hall–Kier alpha value is -2.43. The summed E-state index contributed by atoms with van der Waals surface area (Å²) >= 11 is 0. The van der Waals surface area contributed by atoms with Gasteiger partial charge in [0.1, 0.15) is 0 Å². The summed E-state index contributed by atoms with van der Waals surface area (Å²) < 4.78 is 1.23. The zero-order valence-corrected chi connectivity index (χ0v) is 10.6. The first kappa shape index (κ1) is 13.0. The van der Waals surface area contributed by atoms with Crippen LogP contribution in [0.2, 0.25) is 0 Å². The number of hydrogen-bond donors (Lipinski definition) is 1. The van der Waals surface area contributed by atoms with Gasteiger partial charge in [-0.15, -0.1) is 0 Å². The predicted molar refractivity (Wildman–Crippen MR) is 71.5 cm³/mol. The van der Waals surface area contributed by atoms with Gasteiger partial charge in [-0.25, -0.2) is 4.79 Å². The summed E-state index contributed by atoms with van der Waals surface area (Å²) in [4.78, 5) is 37.3. The smallest absolute Gasteiger partial charge is 0.293 e. The molecule has 1 N–H and O–H groups in total. The van der Waals surface area contributed by atoms with Crippen LogP contribution in [0.15, 0.2) is 46.1 Å². The molecule has 0 saturated heterocycles. The number of nitrogens with zero attached hydrogens (tertiary/aromatic N) is 1. The summed E-state index contributed by atoms with van der Waals surface area (Å²) in [6.07, 6.45) is 1.96. The van der Waals surface area contributed by atoms with Gasteiger partial charge in [0, 0.05) is 17.3 Å². The molecule has 0 spiro atoms. The topological polar surface area (TPSA) is 71.9 Å². The van der Waals surface area contributed by atoms with Gasteiger partial charge in [-0.2, -0.15) is 0 Å². The van der Waals surface area contributed by atoms with Crippen molar-refractivity contribution in [2.24, 2.45) is 0 Å². The number of rotatable bonds is 4. The van der Waals surface area contributed by atoms with Gasteiger partial charge < -0.3 is 0 Å². The number of benzene rings is 1. The summed E-state index contributed by atoms with van der Waals surface area (Å²) in [7, 11) is 0. The standard InChI is InChI=1S/C14H14N2O3/c1-2-10-8-16(14(19)15-13(10)18)9-12(17)11-6-4-3-5-7-11/h3-8H,2,9H2,1H3,(H,15,18,19). The van der Waals surface area contributed by atoms with E-state index in [1.54, 1.807) is 24.3 Å². The van der Waals surface area contributed by atoms with Crippen molar-refractivity contribution < 1.29 is 4.79 Å². The van der Waals surface area contributed by atoms with E-state index in [1.165, 1.54) is 10.8 Å². The summed E-state index contributed by atoms with van der Waals surface area (Å²) in [5, 5.41) is 0. The molecule has 1 aromatic heterocycles. The number of H-pyrrole nitrogens is 1. The second-order valence-electron chi connectivity index (χ2n) is 4.18. The third-order valence-electron chi connectivity index (χ3n) is 2.88. The first-order valence-corrected chi connectivity index (χ1v) is 6.02. The van der Waals surface area contributed by atoms with Crippen molar-refractivity contribution >= 4 is 5.78 Å². The first-order valence-electron chi connectivity index (χ1n) is 6.02. The molecule has 2 aromatic rings. The lowest BCUT2D eigenvalue weighted by Gasteiger charge is -2.06. The molecule has 0 radical (unpaired) electrons. The van der Waals surface area contributed by atoms with E-state index in [0.29, 0.717) is 17.5 Å². The van der Waals surface area contributed by atoms with E-state index in [0.717, 1.165) is 0 Å². The summed E-state index contributed by atoms with van der Waals surface area (Å²) in [5.74, 6) is -0.170. The molecule has 0 fully saturated rings. The average Bonchev–Trinajstić information content (AvgIpc) is 2.42. The van der Waals surface area contributed by atoms with Crippen molar-refractivity contribution in [2.45, 2.75) is 19.9 Å². The molecule has 5 nitrogen and oxygen atoms in total. The number of aromatic amines is 1. The monoisotopic (exact) mass is 258 g/mol. The lowest BCUT2D eigenvalue weighted by atomic mass is 10.1. The van der Waals surface area contributed by atoms with Crippen molar-refractivity contribution in [3.05, 3.63) is 68.5 Å². The van der Waals surface area contributed by atoms with Gasteiger partial charge in [0.25, 0.3) is 5.56 Å². The van der Waals surface area contributed by atoms with E-state index >= 15 is 0 Å². The number of Topliss-reactive ketones (excluding diaryl/α,β-unsaturated/α-hetero) is 1. The highest BCUT2D eigenvalue weighted by Crippen LogP contribution is 2.01.